The molecule has 3 rings (SSSR count). The van der Waals surface area contributed by atoms with Gasteiger partial charge in [0.25, 0.3) is 0 Å². The van der Waals surface area contributed by atoms with Gasteiger partial charge in [0.2, 0.25) is 0 Å². The first kappa shape index (κ1) is 19.8. The molecule has 146 valence electrons. The molecule has 27 heavy (non-hydrogen) atoms. The van der Waals surface area contributed by atoms with E-state index in [-0.39, 0.29) is 0 Å². The molecule has 1 aliphatic rings. The molecule has 0 N–H and O–H groups in total. The second-order valence-electron chi connectivity index (χ2n) is 7.84. The minimum Gasteiger partial charge on any atom is -0.496 e. The summed E-state index contributed by atoms with van der Waals surface area (Å²) in [6, 6.07) is 13.6. The molecule has 0 saturated heterocycles. The van der Waals surface area contributed by atoms with Gasteiger partial charge in [0.1, 0.15) is 11.5 Å². The second kappa shape index (κ2) is 8.79. The summed E-state index contributed by atoms with van der Waals surface area (Å²) in [5, 5.41) is 0. The third kappa shape index (κ3) is 4.30. The molecular formula is C24H33NO2. The van der Waals surface area contributed by atoms with Gasteiger partial charge in [0.15, 0.2) is 0 Å². The van der Waals surface area contributed by atoms with Crippen molar-refractivity contribution in [1.29, 1.82) is 0 Å². The minimum atomic E-state index is 0.514. The van der Waals surface area contributed by atoms with Crippen LogP contribution in [0, 0.1) is 12.8 Å². The van der Waals surface area contributed by atoms with E-state index in [2.05, 4.69) is 56.0 Å². The highest BCUT2D eigenvalue weighted by molar-refractivity contribution is 5.51. The Morgan fingerprint density at radius 3 is 2.07 bits per heavy atom. The normalized spacial score (nSPS) is 19.0. The van der Waals surface area contributed by atoms with Gasteiger partial charge < -0.3 is 9.47 Å². The summed E-state index contributed by atoms with van der Waals surface area (Å²) >= 11 is 0. The van der Waals surface area contributed by atoms with Crippen LogP contribution in [0.15, 0.2) is 36.4 Å². The number of nitrogens with zero attached hydrogens (tertiary/aromatic N) is 1. The quantitative estimate of drug-likeness (QED) is 0.685. The van der Waals surface area contributed by atoms with E-state index < -0.39 is 0 Å². The van der Waals surface area contributed by atoms with Gasteiger partial charge in [-0.1, -0.05) is 43.7 Å². The molecule has 0 fully saturated rings. The number of methoxy groups -OCH3 is 2. The highest BCUT2D eigenvalue weighted by Crippen LogP contribution is 2.39. The molecule has 0 amide bonds. The Balaban J connectivity index is 1.89. The van der Waals surface area contributed by atoms with Crippen LogP contribution >= 0.6 is 0 Å². The zero-order valence-electron chi connectivity index (χ0n) is 17.4. The van der Waals surface area contributed by atoms with Crippen LogP contribution in [0.5, 0.6) is 11.5 Å². The fraction of sp³-hybridized carbons (Fsp3) is 0.500. The van der Waals surface area contributed by atoms with Gasteiger partial charge in [-0.15, -0.1) is 0 Å². The number of ether oxygens (including phenoxy) is 2. The second-order valence-corrected chi connectivity index (χ2v) is 7.84. The number of aryl methyl sites for hydroxylation is 1. The monoisotopic (exact) mass is 367 g/mol. The smallest absolute Gasteiger partial charge is 0.122 e. The van der Waals surface area contributed by atoms with Crippen LogP contribution < -0.4 is 9.47 Å². The average molecular weight is 368 g/mol. The number of hydrogen-bond acceptors (Lipinski definition) is 3. The van der Waals surface area contributed by atoms with Crippen LogP contribution in [0.2, 0.25) is 0 Å². The van der Waals surface area contributed by atoms with Gasteiger partial charge in [0, 0.05) is 23.7 Å². The van der Waals surface area contributed by atoms with E-state index in [0.29, 0.717) is 12.0 Å². The van der Waals surface area contributed by atoms with Crippen LogP contribution in [0.1, 0.15) is 42.5 Å². The maximum Gasteiger partial charge on any atom is 0.122 e. The van der Waals surface area contributed by atoms with E-state index >= 15 is 0 Å². The van der Waals surface area contributed by atoms with Gasteiger partial charge in [-0.3, -0.25) is 4.90 Å². The molecule has 0 spiro atoms. The first-order valence-electron chi connectivity index (χ1n) is 10.1. The van der Waals surface area contributed by atoms with Gasteiger partial charge in [-0.25, -0.2) is 0 Å². The summed E-state index contributed by atoms with van der Waals surface area (Å²) in [5.74, 6) is 2.57. The van der Waals surface area contributed by atoms with Crippen molar-refractivity contribution in [2.75, 3.05) is 20.8 Å². The van der Waals surface area contributed by atoms with Crippen molar-refractivity contribution >= 4 is 0 Å². The van der Waals surface area contributed by atoms with Crippen LogP contribution in [0.3, 0.4) is 0 Å². The highest BCUT2D eigenvalue weighted by atomic mass is 16.5. The van der Waals surface area contributed by atoms with Gasteiger partial charge >= 0.3 is 0 Å². The zero-order chi connectivity index (χ0) is 19.4. The fourth-order valence-electron chi connectivity index (χ4n) is 4.41. The van der Waals surface area contributed by atoms with Crippen LogP contribution in [0.4, 0.5) is 0 Å². The van der Waals surface area contributed by atoms with E-state index in [1.165, 1.54) is 22.3 Å². The number of fused-ring (bicyclic) bond motifs is 1. The Labute approximate surface area is 164 Å². The molecule has 0 saturated carbocycles. The van der Waals surface area contributed by atoms with Crippen LogP contribution in [-0.2, 0) is 19.4 Å². The van der Waals surface area contributed by atoms with Crippen LogP contribution in [0.25, 0.3) is 0 Å². The third-order valence-electron chi connectivity index (χ3n) is 5.87. The molecule has 1 aliphatic carbocycles. The lowest BCUT2D eigenvalue weighted by molar-refractivity contribution is 0.129. The molecular weight excluding hydrogens is 334 g/mol. The van der Waals surface area contributed by atoms with Gasteiger partial charge in [-0.2, -0.15) is 0 Å². The van der Waals surface area contributed by atoms with E-state index in [4.69, 9.17) is 9.47 Å². The number of benzene rings is 2. The van der Waals surface area contributed by atoms with Crippen molar-refractivity contribution in [1.82, 2.24) is 4.90 Å². The van der Waals surface area contributed by atoms with Crippen molar-refractivity contribution < 1.29 is 9.47 Å². The Bertz CT molecular complexity index is 754. The van der Waals surface area contributed by atoms with Crippen molar-refractivity contribution in [2.24, 2.45) is 5.92 Å². The lowest BCUT2D eigenvalue weighted by Crippen LogP contribution is -2.44. The number of hydrogen-bond donors (Lipinski definition) is 0. The Morgan fingerprint density at radius 1 is 0.926 bits per heavy atom. The summed E-state index contributed by atoms with van der Waals surface area (Å²) in [6.45, 7) is 8.92. The molecule has 2 aromatic rings. The summed E-state index contributed by atoms with van der Waals surface area (Å²) in [4.78, 5) is 2.66. The summed E-state index contributed by atoms with van der Waals surface area (Å²) in [7, 11) is 3.53. The molecule has 0 bridgehead atoms. The van der Waals surface area contributed by atoms with E-state index in [1.807, 2.05) is 6.07 Å². The molecule has 2 aromatic carbocycles. The van der Waals surface area contributed by atoms with E-state index in [9.17, 15) is 0 Å². The number of rotatable bonds is 7. The maximum atomic E-state index is 5.69. The molecule has 3 heteroatoms. The Morgan fingerprint density at radius 2 is 1.52 bits per heavy atom. The average Bonchev–Trinajstić information content (AvgIpc) is 2.68. The Kier molecular flexibility index (Phi) is 6.43. The van der Waals surface area contributed by atoms with Gasteiger partial charge in [0.05, 0.1) is 14.2 Å². The van der Waals surface area contributed by atoms with E-state index in [0.717, 1.165) is 43.9 Å². The largest absolute Gasteiger partial charge is 0.496 e. The third-order valence-corrected chi connectivity index (χ3v) is 5.87. The molecule has 0 aromatic heterocycles. The predicted molar refractivity (Wildman–Crippen MR) is 112 cm³/mol. The highest BCUT2D eigenvalue weighted by Gasteiger charge is 2.33. The summed E-state index contributed by atoms with van der Waals surface area (Å²) in [6.07, 6.45) is 3.22. The lowest BCUT2D eigenvalue weighted by atomic mass is 9.79. The lowest BCUT2D eigenvalue weighted by Gasteiger charge is -2.40. The predicted octanol–water partition coefficient (Wildman–Crippen LogP) is 5.03. The topological polar surface area (TPSA) is 21.7 Å². The first-order chi connectivity index (χ1) is 13.1. The van der Waals surface area contributed by atoms with Crippen molar-refractivity contribution in [2.45, 2.75) is 52.6 Å². The van der Waals surface area contributed by atoms with Gasteiger partial charge in [-0.05, 0) is 56.3 Å². The summed E-state index contributed by atoms with van der Waals surface area (Å²) in [5.41, 5.74) is 5.36. The van der Waals surface area contributed by atoms with Crippen molar-refractivity contribution in [3.8, 4) is 11.5 Å². The molecule has 2 unspecified atom stereocenters. The molecule has 3 nitrogen and oxygen atoms in total. The minimum absolute atomic E-state index is 0.514. The Hall–Kier alpha value is -2.00. The molecule has 0 radical (unpaired) electrons. The standard InChI is InChI=1S/C24H33NO2/c1-6-13-25(16-19-9-7-17(2)8-10-19)22-15-21-20(14-18(22)3)23(26-4)11-12-24(21)27-5/h7-12,18,22H,6,13-16H2,1-5H3. The molecule has 0 heterocycles. The van der Waals surface area contributed by atoms with Crippen LogP contribution in [-0.4, -0.2) is 31.7 Å². The fourth-order valence-corrected chi connectivity index (χ4v) is 4.41. The van der Waals surface area contributed by atoms with Crippen molar-refractivity contribution in [3.63, 3.8) is 0 Å². The van der Waals surface area contributed by atoms with E-state index in [1.54, 1.807) is 14.2 Å². The van der Waals surface area contributed by atoms with Crippen molar-refractivity contribution in [3.05, 3.63) is 58.7 Å². The zero-order valence-corrected chi connectivity index (χ0v) is 17.4. The SMILES string of the molecule is CCCN(Cc1ccc(C)cc1)C1Cc2c(OC)ccc(OC)c2CC1C. The molecule has 2 atom stereocenters. The summed E-state index contributed by atoms with van der Waals surface area (Å²) < 4.78 is 11.3. The maximum absolute atomic E-state index is 5.69. The first-order valence-corrected chi connectivity index (χ1v) is 10.1. The molecule has 0 aliphatic heterocycles.